The van der Waals surface area contributed by atoms with Gasteiger partial charge in [-0.05, 0) is 59.1 Å². The maximum Gasteiger partial charge on any atom is 0.345 e. The molecular formula is C19H23N5O. The molecule has 3 aromatic rings. The summed E-state index contributed by atoms with van der Waals surface area (Å²) in [6, 6.07) is 18.0. The van der Waals surface area contributed by atoms with Crippen LogP contribution in [0.5, 0.6) is 11.8 Å². The van der Waals surface area contributed by atoms with Gasteiger partial charge in [0.1, 0.15) is 5.75 Å². The minimum Gasteiger partial charge on any atom is -0.423 e. The van der Waals surface area contributed by atoms with E-state index >= 15 is 0 Å². The van der Waals surface area contributed by atoms with Crippen molar-refractivity contribution in [3.63, 3.8) is 0 Å². The molecule has 1 aromatic heterocycles. The molecule has 25 heavy (non-hydrogen) atoms. The molecule has 0 fully saturated rings. The van der Waals surface area contributed by atoms with Crippen LogP contribution in [0.2, 0.25) is 0 Å². The first-order valence-electron chi connectivity index (χ1n) is 8.53. The van der Waals surface area contributed by atoms with E-state index in [1.165, 1.54) is 12.0 Å². The molecule has 1 N–H and O–H groups in total. The third-order valence-corrected chi connectivity index (χ3v) is 3.80. The molecule has 0 bridgehead atoms. The number of aromatic nitrogens is 4. The molecule has 130 valence electrons. The summed E-state index contributed by atoms with van der Waals surface area (Å²) in [4.78, 5) is 0. The summed E-state index contributed by atoms with van der Waals surface area (Å²) in [7, 11) is 0. The first kappa shape index (κ1) is 17.1. The van der Waals surface area contributed by atoms with Gasteiger partial charge in [-0.1, -0.05) is 49.3 Å². The highest BCUT2D eigenvalue weighted by molar-refractivity contribution is 5.34. The van der Waals surface area contributed by atoms with Gasteiger partial charge in [0.2, 0.25) is 0 Å². The topological polar surface area (TPSA) is 64.9 Å². The number of tetrazole rings is 1. The van der Waals surface area contributed by atoms with Crippen molar-refractivity contribution in [2.24, 2.45) is 5.92 Å². The Balaban J connectivity index is 1.60. The van der Waals surface area contributed by atoms with Crippen LogP contribution in [0.15, 0.2) is 54.6 Å². The molecule has 0 unspecified atom stereocenters. The molecule has 0 aliphatic rings. The summed E-state index contributed by atoms with van der Waals surface area (Å²) < 4.78 is 7.39. The summed E-state index contributed by atoms with van der Waals surface area (Å²) >= 11 is 0. The van der Waals surface area contributed by atoms with Crippen molar-refractivity contribution >= 4 is 0 Å². The maximum atomic E-state index is 5.82. The third kappa shape index (κ3) is 4.87. The molecule has 6 nitrogen and oxygen atoms in total. The first-order valence-corrected chi connectivity index (χ1v) is 8.53. The number of ether oxygens (including phenoxy) is 1. The van der Waals surface area contributed by atoms with Crippen molar-refractivity contribution in [3.8, 4) is 17.4 Å². The van der Waals surface area contributed by atoms with Gasteiger partial charge < -0.3 is 10.1 Å². The normalized spacial score (nSPS) is 11.0. The van der Waals surface area contributed by atoms with Crippen LogP contribution in [-0.2, 0) is 6.54 Å². The second kappa shape index (κ2) is 8.39. The number of hydrogen-bond donors (Lipinski definition) is 1. The van der Waals surface area contributed by atoms with Gasteiger partial charge in [-0.15, -0.1) is 0 Å². The predicted octanol–water partition coefficient (Wildman–Crippen LogP) is 3.59. The van der Waals surface area contributed by atoms with Crippen LogP contribution in [-0.4, -0.2) is 26.8 Å². The van der Waals surface area contributed by atoms with Gasteiger partial charge in [-0.3, -0.25) is 0 Å². The molecule has 0 saturated carbocycles. The van der Waals surface area contributed by atoms with Crippen LogP contribution in [0, 0.1) is 5.92 Å². The number of benzene rings is 2. The second-order valence-electron chi connectivity index (χ2n) is 6.31. The molecule has 6 heteroatoms. The van der Waals surface area contributed by atoms with Crippen LogP contribution < -0.4 is 10.1 Å². The van der Waals surface area contributed by atoms with E-state index in [1.807, 2.05) is 54.6 Å². The van der Waals surface area contributed by atoms with E-state index in [0.717, 1.165) is 24.7 Å². The fraction of sp³-hybridized carbons (Fsp3) is 0.316. The molecule has 0 atom stereocenters. The van der Waals surface area contributed by atoms with E-state index in [9.17, 15) is 0 Å². The largest absolute Gasteiger partial charge is 0.423 e. The van der Waals surface area contributed by atoms with Crippen molar-refractivity contribution in [1.82, 2.24) is 25.5 Å². The van der Waals surface area contributed by atoms with Crippen molar-refractivity contribution in [3.05, 3.63) is 60.2 Å². The van der Waals surface area contributed by atoms with E-state index in [2.05, 4.69) is 34.7 Å². The molecule has 0 spiro atoms. The van der Waals surface area contributed by atoms with Crippen LogP contribution in [0.3, 0.4) is 0 Å². The summed E-state index contributed by atoms with van der Waals surface area (Å²) in [6.45, 7) is 6.35. The molecule has 0 radical (unpaired) electrons. The summed E-state index contributed by atoms with van der Waals surface area (Å²) in [5.74, 6) is 1.43. The average Bonchev–Trinajstić information content (AvgIpc) is 3.09. The van der Waals surface area contributed by atoms with Gasteiger partial charge in [-0.25, -0.2) is 0 Å². The molecule has 0 aliphatic heterocycles. The zero-order valence-electron chi connectivity index (χ0n) is 14.6. The molecule has 0 amide bonds. The van der Waals surface area contributed by atoms with Crippen molar-refractivity contribution in [2.45, 2.75) is 26.8 Å². The molecule has 3 rings (SSSR count). The van der Waals surface area contributed by atoms with Gasteiger partial charge in [0.05, 0.1) is 5.69 Å². The summed E-state index contributed by atoms with van der Waals surface area (Å²) in [5, 5.41) is 15.1. The van der Waals surface area contributed by atoms with E-state index in [1.54, 1.807) is 4.68 Å². The number of nitrogens with one attached hydrogen (secondary N) is 1. The lowest BCUT2D eigenvalue weighted by molar-refractivity contribution is 0.427. The van der Waals surface area contributed by atoms with E-state index in [0.29, 0.717) is 11.8 Å². The highest BCUT2D eigenvalue weighted by Gasteiger charge is 2.10. The Morgan fingerprint density at radius 2 is 1.80 bits per heavy atom. The predicted molar refractivity (Wildman–Crippen MR) is 96.8 cm³/mol. The fourth-order valence-corrected chi connectivity index (χ4v) is 2.38. The van der Waals surface area contributed by atoms with Crippen LogP contribution >= 0.6 is 0 Å². The van der Waals surface area contributed by atoms with E-state index in [4.69, 9.17) is 4.74 Å². The fourth-order valence-electron chi connectivity index (χ4n) is 2.38. The minimum absolute atomic E-state index is 0.342. The lowest BCUT2D eigenvalue weighted by Crippen LogP contribution is -2.16. The van der Waals surface area contributed by atoms with Crippen LogP contribution in [0.25, 0.3) is 5.69 Å². The number of rotatable bonds is 8. The van der Waals surface area contributed by atoms with Gasteiger partial charge in [0.15, 0.2) is 0 Å². The van der Waals surface area contributed by atoms with Crippen LogP contribution in [0.1, 0.15) is 25.8 Å². The lowest BCUT2D eigenvalue weighted by Gasteiger charge is -2.08. The van der Waals surface area contributed by atoms with Gasteiger partial charge >= 0.3 is 6.01 Å². The minimum atomic E-state index is 0.342. The number of hydrogen-bond acceptors (Lipinski definition) is 5. The average molecular weight is 337 g/mol. The molecule has 0 aliphatic carbocycles. The van der Waals surface area contributed by atoms with E-state index < -0.39 is 0 Å². The Labute approximate surface area is 147 Å². The Morgan fingerprint density at radius 3 is 2.52 bits per heavy atom. The van der Waals surface area contributed by atoms with Crippen molar-refractivity contribution in [2.75, 3.05) is 6.54 Å². The highest BCUT2D eigenvalue weighted by atomic mass is 16.5. The van der Waals surface area contributed by atoms with Gasteiger partial charge in [0, 0.05) is 6.54 Å². The zero-order chi connectivity index (χ0) is 17.5. The summed E-state index contributed by atoms with van der Waals surface area (Å²) in [6.07, 6.45) is 1.18. The Bertz CT molecular complexity index is 768. The first-order chi connectivity index (χ1) is 12.2. The van der Waals surface area contributed by atoms with Crippen LogP contribution in [0.4, 0.5) is 0 Å². The van der Waals surface area contributed by atoms with Gasteiger partial charge in [0.25, 0.3) is 0 Å². The Morgan fingerprint density at radius 1 is 1.04 bits per heavy atom. The van der Waals surface area contributed by atoms with E-state index in [-0.39, 0.29) is 0 Å². The van der Waals surface area contributed by atoms with Crippen molar-refractivity contribution in [1.29, 1.82) is 0 Å². The smallest absolute Gasteiger partial charge is 0.345 e. The number of para-hydroxylation sites is 1. The summed E-state index contributed by atoms with van der Waals surface area (Å²) in [5.41, 5.74) is 2.08. The lowest BCUT2D eigenvalue weighted by atomic mass is 10.1. The highest BCUT2D eigenvalue weighted by Crippen LogP contribution is 2.21. The molecular weight excluding hydrogens is 314 g/mol. The molecule has 0 saturated heterocycles. The Kier molecular flexibility index (Phi) is 5.74. The quantitative estimate of drug-likeness (QED) is 0.636. The number of nitrogens with zero attached hydrogens (tertiary/aromatic N) is 4. The maximum absolute atomic E-state index is 5.82. The van der Waals surface area contributed by atoms with Crippen molar-refractivity contribution < 1.29 is 4.74 Å². The third-order valence-electron chi connectivity index (χ3n) is 3.80. The Hall–Kier alpha value is -2.73. The standard InChI is InChI=1S/C19H23N5O/c1-15(2)12-13-20-14-16-8-10-18(11-9-16)25-19-21-22-23-24(19)17-6-4-3-5-7-17/h3-11,15,20H,12-14H2,1-2H3. The molecule has 1 heterocycles. The molecule has 2 aromatic carbocycles. The zero-order valence-corrected chi connectivity index (χ0v) is 14.6. The SMILES string of the molecule is CC(C)CCNCc1ccc(Oc2nnnn2-c2ccccc2)cc1. The monoisotopic (exact) mass is 337 g/mol. The van der Waals surface area contributed by atoms with Gasteiger partial charge in [-0.2, -0.15) is 4.68 Å². The second-order valence-corrected chi connectivity index (χ2v) is 6.31.